The van der Waals surface area contributed by atoms with Crippen molar-refractivity contribution in [3.63, 3.8) is 0 Å². The first-order valence-electron chi connectivity index (χ1n) is 11.3. The summed E-state index contributed by atoms with van der Waals surface area (Å²) in [5, 5.41) is 3.42. The van der Waals surface area contributed by atoms with Crippen molar-refractivity contribution in [2.75, 3.05) is 19.5 Å². The molecule has 7 heteroatoms. The number of carbonyl (C=O) groups is 1. The van der Waals surface area contributed by atoms with Gasteiger partial charge in [-0.25, -0.2) is 4.79 Å². The highest BCUT2D eigenvalue weighted by molar-refractivity contribution is 6.32. The fourth-order valence-electron chi connectivity index (χ4n) is 4.68. The molecule has 1 atom stereocenters. The van der Waals surface area contributed by atoms with Gasteiger partial charge in [0, 0.05) is 18.0 Å². The Morgan fingerprint density at radius 1 is 0.971 bits per heavy atom. The number of nitrogens with zero attached hydrogens (tertiary/aromatic N) is 2. The summed E-state index contributed by atoms with van der Waals surface area (Å²) < 4.78 is 13.0. The molecule has 0 spiro atoms. The van der Waals surface area contributed by atoms with Crippen molar-refractivity contribution in [1.29, 1.82) is 0 Å². The number of para-hydroxylation sites is 1. The predicted octanol–water partition coefficient (Wildman–Crippen LogP) is 6.59. The Kier molecular flexibility index (Phi) is 6.14. The molecule has 6 nitrogen and oxygen atoms in total. The minimum absolute atomic E-state index is 0.263. The molecule has 2 heterocycles. The van der Waals surface area contributed by atoms with Crippen molar-refractivity contribution < 1.29 is 14.3 Å². The Balaban J connectivity index is 1.62. The second-order valence-corrected chi connectivity index (χ2v) is 8.90. The third kappa shape index (κ3) is 4.21. The molecule has 4 aromatic rings. The highest BCUT2D eigenvalue weighted by Gasteiger charge is 2.33. The standard InChI is InChI=1S/C28H26ClN3O3/c1-18-8-6-10-19(14-18)27-24-12-7-13-31(24)23-11-5-4-9-20(23)17-32(27)28(33)30-22-15-21(29)25(34-2)16-26(22)35-3/h4-16,27H,17H2,1-3H3,(H,30,33)/t27-/m1/s1. The van der Waals surface area contributed by atoms with E-state index < -0.39 is 0 Å². The van der Waals surface area contributed by atoms with Crippen molar-refractivity contribution >= 4 is 23.3 Å². The molecule has 178 valence electrons. The summed E-state index contributed by atoms with van der Waals surface area (Å²) >= 11 is 6.37. The van der Waals surface area contributed by atoms with Crippen LogP contribution in [0.25, 0.3) is 5.69 Å². The number of benzene rings is 3. The number of aromatic nitrogens is 1. The smallest absolute Gasteiger partial charge is 0.323 e. The summed E-state index contributed by atoms with van der Waals surface area (Å²) in [7, 11) is 3.08. The topological polar surface area (TPSA) is 55.7 Å². The van der Waals surface area contributed by atoms with Crippen LogP contribution in [0.15, 0.2) is 79.0 Å². The molecule has 1 aromatic heterocycles. The predicted molar refractivity (Wildman–Crippen MR) is 138 cm³/mol. The van der Waals surface area contributed by atoms with Crippen molar-refractivity contribution in [2.45, 2.75) is 19.5 Å². The second-order valence-electron chi connectivity index (χ2n) is 8.49. The molecule has 1 aliphatic heterocycles. The molecular weight excluding hydrogens is 462 g/mol. The van der Waals surface area contributed by atoms with E-state index in [4.69, 9.17) is 21.1 Å². The van der Waals surface area contributed by atoms with Gasteiger partial charge < -0.3 is 24.3 Å². The van der Waals surface area contributed by atoms with Crippen molar-refractivity contribution in [2.24, 2.45) is 0 Å². The summed E-state index contributed by atoms with van der Waals surface area (Å²) in [4.78, 5) is 15.8. The highest BCUT2D eigenvalue weighted by Crippen LogP contribution is 2.39. The Morgan fingerprint density at radius 3 is 2.54 bits per heavy atom. The number of rotatable bonds is 4. The molecule has 0 saturated heterocycles. The van der Waals surface area contributed by atoms with Crippen LogP contribution in [0.4, 0.5) is 10.5 Å². The van der Waals surface area contributed by atoms with Gasteiger partial charge in [-0.05, 0) is 42.3 Å². The number of aryl methyl sites for hydroxylation is 1. The molecular formula is C28H26ClN3O3. The Bertz CT molecular complexity index is 1400. The van der Waals surface area contributed by atoms with Gasteiger partial charge in [0.25, 0.3) is 0 Å². The van der Waals surface area contributed by atoms with E-state index in [1.165, 1.54) is 7.11 Å². The maximum Gasteiger partial charge on any atom is 0.323 e. The lowest BCUT2D eigenvalue weighted by atomic mass is 10.00. The average Bonchev–Trinajstić information content (AvgIpc) is 3.28. The van der Waals surface area contributed by atoms with Gasteiger partial charge in [0.15, 0.2) is 0 Å². The minimum atomic E-state index is -0.308. The molecule has 0 unspecified atom stereocenters. The van der Waals surface area contributed by atoms with Gasteiger partial charge in [-0.3, -0.25) is 0 Å². The molecule has 0 bridgehead atoms. The number of halogens is 1. The van der Waals surface area contributed by atoms with E-state index in [0.29, 0.717) is 28.8 Å². The number of carbonyl (C=O) groups excluding carboxylic acids is 1. The molecule has 35 heavy (non-hydrogen) atoms. The molecule has 0 radical (unpaired) electrons. The van der Waals surface area contributed by atoms with Gasteiger partial charge in [-0.15, -0.1) is 0 Å². The fourth-order valence-corrected chi connectivity index (χ4v) is 4.92. The number of nitrogens with one attached hydrogen (secondary N) is 1. The van der Waals surface area contributed by atoms with Crippen LogP contribution in [0.5, 0.6) is 11.5 Å². The molecule has 0 aliphatic carbocycles. The minimum Gasteiger partial charge on any atom is -0.495 e. The number of hydrogen-bond acceptors (Lipinski definition) is 3. The molecule has 5 rings (SSSR count). The van der Waals surface area contributed by atoms with Crippen LogP contribution in [0.2, 0.25) is 5.02 Å². The van der Waals surface area contributed by atoms with Crippen molar-refractivity contribution in [1.82, 2.24) is 9.47 Å². The SMILES string of the molecule is COc1cc(OC)c(NC(=O)N2Cc3ccccc3-n3cccc3[C@H]2c2cccc(C)c2)cc1Cl. The lowest BCUT2D eigenvalue weighted by molar-refractivity contribution is 0.194. The van der Waals surface area contributed by atoms with Crippen LogP contribution >= 0.6 is 11.6 Å². The Labute approximate surface area is 209 Å². The highest BCUT2D eigenvalue weighted by atomic mass is 35.5. The Morgan fingerprint density at radius 2 is 1.77 bits per heavy atom. The number of ether oxygens (including phenoxy) is 2. The van der Waals surface area contributed by atoms with Crippen molar-refractivity contribution in [3.05, 3.63) is 106 Å². The first kappa shape index (κ1) is 22.9. The largest absolute Gasteiger partial charge is 0.495 e. The number of methoxy groups -OCH3 is 2. The van der Waals surface area contributed by atoms with E-state index in [1.54, 1.807) is 19.2 Å². The van der Waals surface area contributed by atoms with Crippen molar-refractivity contribution in [3.8, 4) is 17.2 Å². The summed E-state index contributed by atoms with van der Waals surface area (Å²) in [6.07, 6.45) is 2.05. The maximum atomic E-state index is 13.9. The van der Waals surface area contributed by atoms with E-state index in [2.05, 4.69) is 53.2 Å². The number of urea groups is 1. The Hall–Kier alpha value is -3.90. The van der Waals surface area contributed by atoms with E-state index >= 15 is 0 Å². The van der Waals surface area contributed by atoms with E-state index in [0.717, 1.165) is 28.1 Å². The summed E-state index contributed by atoms with van der Waals surface area (Å²) in [5.74, 6) is 0.936. The van der Waals surface area contributed by atoms with Crippen LogP contribution in [0, 0.1) is 6.92 Å². The summed E-state index contributed by atoms with van der Waals surface area (Å²) in [6.45, 7) is 2.48. The lowest BCUT2D eigenvalue weighted by Crippen LogP contribution is -2.38. The van der Waals surface area contributed by atoms with Gasteiger partial charge >= 0.3 is 6.03 Å². The average molecular weight is 488 g/mol. The molecule has 3 aromatic carbocycles. The van der Waals surface area contributed by atoms with Gasteiger partial charge in [-0.1, -0.05) is 59.6 Å². The van der Waals surface area contributed by atoms with Crippen LogP contribution in [0.1, 0.15) is 28.4 Å². The molecule has 1 aliphatic rings. The number of fused-ring (bicyclic) bond motifs is 3. The quantitative estimate of drug-likeness (QED) is 0.353. The van der Waals surface area contributed by atoms with Crippen LogP contribution < -0.4 is 14.8 Å². The fraction of sp³-hybridized carbons (Fsp3) is 0.179. The van der Waals surface area contributed by atoms with Crippen LogP contribution in [0.3, 0.4) is 0 Å². The number of amides is 2. The third-order valence-corrected chi connectivity index (χ3v) is 6.59. The molecule has 0 saturated carbocycles. The van der Waals surface area contributed by atoms with E-state index in [9.17, 15) is 4.79 Å². The monoisotopic (exact) mass is 487 g/mol. The van der Waals surface area contributed by atoms with Gasteiger partial charge in [0.2, 0.25) is 0 Å². The first-order chi connectivity index (χ1) is 17.0. The van der Waals surface area contributed by atoms with Crippen LogP contribution in [-0.2, 0) is 6.54 Å². The lowest BCUT2D eigenvalue weighted by Gasteiger charge is -2.31. The molecule has 1 N–H and O–H groups in total. The zero-order valence-corrected chi connectivity index (χ0v) is 20.5. The van der Waals surface area contributed by atoms with E-state index in [-0.39, 0.29) is 12.1 Å². The molecule has 0 fully saturated rings. The molecule has 2 amide bonds. The van der Waals surface area contributed by atoms with Gasteiger partial charge in [0.05, 0.1) is 43.2 Å². The van der Waals surface area contributed by atoms with Gasteiger partial charge in [0.1, 0.15) is 11.5 Å². The normalized spacial score (nSPS) is 14.5. The third-order valence-electron chi connectivity index (χ3n) is 6.30. The maximum absolute atomic E-state index is 13.9. The van der Waals surface area contributed by atoms with Gasteiger partial charge in [-0.2, -0.15) is 0 Å². The summed E-state index contributed by atoms with van der Waals surface area (Å²) in [5.41, 5.74) is 5.76. The first-order valence-corrected chi connectivity index (χ1v) is 11.7. The zero-order valence-electron chi connectivity index (χ0n) is 19.8. The second kappa shape index (κ2) is 9.39. The van der Waals surface area contributed by atoms with Crippen LogP contribution in [-0.4, -0.2) is 29.7 Å². The van der Waals surface area contributed by atoms with E-state index in [1.807, 2.05) is 35.4 Å². The number of anilines is 1. The number of hydrogen-bond donors (Lipinski definition) is 1. The summed E-state index contributed by atoms with van der Waals surface area (Å²) in [6, 6.07) is 23.3. The zero-order chi connectivity index (χ0) is 24.5.